The average molecular weight is 649 g/mol. The van der Waals surface area contributed by atoms with Crippen LogP contribution in [0.2, 0.25) is 0 Å². The van der Waals surface area contributed by atoms with Crippen LogP contribution in [0.25, 0.3) is 22.4 Å². The number of anilines is 2. The van der Waals surface area contributed by atoms with E-state index in [1.54, 1.807) is 0 Å². The number of alkyl carbamates (subject to hydrolysis) is 1. The molecular formula is C38H44N6O4. The Morgan fingerprint density at radius 3 is 2.44 bits per heavy atom. The van der Waals surface area contributed by atoms with E-state index < -0.39 is 17.7 Å². The zero-order valence-electron chi connectivity index (χ0n) is 28.3. The molecule has 2 aromatic carbocycles. The number of nitrogens with one attached hydrogen (secondary N) is 2. The molecule has 2 bridgehead atoms. The number of nitrogens with zero attached hydrogens (tertiary/aromatic N) is 4. The summed E-state index contributed by atoms with van der Waals surface area (Å²) in [5.41, 5.74) is 6.14. The number of rotatable bonds is 9. The molecule has 2 aromatic heterocycles. The van der Waals surface area contributed by atoms with E-state index in [1.165, 1.54) is 0 Å². The van der Waals surface area contributed by atoms with Gasteiger partial charge in [-0.05, 0) is 99.4 Å². The van der Waals surface area contributed by atoms with Gasteiger partial charge in [-0.1, -0.05) is 36.4 Å². The van der Waals surface area contributed by atoms with E-state index >= 15 is 0 Å². The summed E-state index contributed by atoms with van der Waals surface area (Å²) in [6, 6.07) is 19.8. The summed E-state index contributed by atoms with van der Waals surface area (Å²) in [5, 5.41) is 10.4. The fourth-order valence-corrected chi connectivity index (χ4v) is 7.20. The highest BCUT2D eigenvalue weighted by Crippen LogP contribution is 2.46. The molecule has 3 aliphatic rings. The van der Waals surface area contributed by atoms with Crippen molar-refractivity contribution >= 4 is 23.5 Å². The lowest BCUT2D eigenvalue weighted by atomic mass is 9.85. The first kappa shape index (κ1) is 31.9. The number of aryl methyl sites for hydroxylation is 2. The molecule has 1 aliphatic carbocycles. The standard InChI is InChI=1S/C38H44N6O4/c1-23-20-40-43(5)35(23)25-11-13-29(14-12-25)41-36(45)34(42-37(46)48-38(2,3)4)33(24-9-10-24)28-8-6-7-26(17-28)27-15-16-39-32(18-27)44-21-31-19-30(44)22-47-31/h6-8,11-18,20,24,30-31,33-34H,9-10,19,21-22H2,1-5H3,(H,41,45)(H,42,46)/t30-,31-,33?,34+/m0/s1. The Kier molecular flexibility index (Phi) is 8.45. The van der Waals surface area contributed by atoms with Crippen LogP contribution < -0.4 is 15.5 Å². The Morgan fingerprint density at radius 1 is 1.02 bits per heavy atom. The van der Waals surface area contributed by atoms with Crippen molar-refractivity contribution < 1.29 is 19.1 Å². The molecule has 4 heterocycles. The van der Waals surface area contributed by atoms with Gasteiger partial charge in [0.2, 0.25) is 5.91 Å². The van der Waals surface area contributed by atoms with Gasteiger partial charge in [0, 0.05) is 37.0 Å². The summed E-state index contributed by atoms with van der Waals surface area (Å²) in [4.78, 5) is 34.4. The second-order valence-electron chi connectivity index (χ2n) is 14.4. The SMILES string of the molecule is Cc1cnn(C)c1-c1ccc(NC(=O)[C@H](NC(=O)OC(C)(C)C)C(c2cccc(-c3ccnc(N4C[C@@H]5C[C@H]4CO5)c3)c2)C2CC2)cc1. The Labute approximate surface area is 281 Å². The number of benzene rings is 2. The molecule has 2 saturated heterocycles. The Hall–Kier alpha value is -4.70. The summed E-state index contributed by atoms with van der Waals surface area (Å²) in [6.07, 6.45) is 6.38. The zero-order chi connectivity index (χ0) is 33.6. The molecule has 250 valence electrons. The van der Waals surface area contributed by atoms with E-state index in [2.05, 4.69) is 44.9 Å². The smallest absolute Gasteiger partial charge is 0.408 e. The Bertz CT molecular complexity index is 1790. The lowest BCUT2D eigenvalue weighted by Crippen LogP contribution is -2.49. The van der Waals surface area contributed by atoms with Crippen LogP contribution in [0, 0.1) is 12.8 Å². The van der Waals surface area contributed by atoms with Crippen LogP contribution >= 0.6 is 0 Å². The third-order valence-electron chi connectivity index (χ3n) is 9.54. The maximum Gasteiger partial charge on any atom is 0.408 e. The summed E-state index contributed by atoms with van der Waals surface area (Å²) < 4.78 is 13.3. The lowest BCUT2D eigenvalue weighted by Gasteiger charge is -2.30. The van der Waals surface area contributed by atoms with Gasteiger partial charge in [-0.3, -0.25) is 9.48 Å². The van der Waals surface area contributed by atoms with Gasteiger partial charge < -0.3 is 25.0 Å². The van der Waals surface area contributed by atoms with Crippen LogP contribution in [0.15, 0.2) is 73.1 Å². The lowest BCUT2D eigenvalue weighted by molar-refractivity contribution is -0.118. The van der Waals surface area contributed by atoms with Gasteiger partial charge >= 0.3 is 6.09 Å². The van der Waals surface area contributed by atoms with Gasteiger partial charge in [-0.15, -0.1) is 0 Å². The van der Waals surface area contributed by atoms with Crippen molar-refractivity contribution in [2.75, 3.05) is 23.4 Å². The number of ether oxygens (including phenoxy) is 2. The van der Waals surface area contributed by atoms with E-state index in [9.17, 15) is 9.59 Å². The van der Waals surface area contributed by atoms with Crippen molar-refractivity contribution in [3.8, 4) is 22.4 Å². The second kappa shape index (κ2) is 12.7. The summed E-state index contributed by atoms with van der Waals surface area (Å²) in [5.74, 6) is 0.668. The van der Waals surface area contributed by atoms with Crippen molar-refractivity contribution in [3.63, 3.8) is 0 Å². The third kappa shape index (κ3) is 6.80. The summed E-state index contributed by atoms with van der Waals surface area (Å²) in [7, 11) is 1.91. The number of morpholine rings is 1. The molecule has 7 rings (SSSR count). The monoisotopic (exact) mass is 648 g/mol. The number of aromatic nitrogens is 3. The number of pyridine rings is 1. The van der Waals surface area contributed by atoms with Gasteiger partial charge in [0.15, 0.2) is 0 Å². The molecule has 3 fully saturated rings. The first-order valence-corrected chi connectivity index (χ1v) is 16.9. The van der Waals surface area contributed by atoms with Crippen molar-refractivity contribution in [1.82, 2.24) is 20.1 Å². The van der Waals surface area contributed by atoms with Gasteiger partial charge in [-0.2, -0.15) is 5.10 Å². The van der Waals surface area contributed by atoms with Gasteiger partial charge in [0.1, 0.15) is 17.5 Å². The predicted molar refractivity (Wildman–Crippen MR) is 186 cm³/mol. The largest absolute Gasteiger partial charge is 0.444 e. The van der Waals surface area contributed by atoms with Crippen LogP contribution in [0.3, 0.4) is 0 Å². The zero-order valence-corrected chi connectivity index (χ0v) is 28.3. The number of amides is 2. The molecular weight excluding hydrogens is 604 g/mol. The molecule has 2 N–H and O–H groups in total. The van der Waals surface area contributed by atoms with Crippen LogP contribution in [-0.4, -0.2) is 63.7 Å². The second-order valence-corrected chi connectivity index (χ2v) is 14.4. The molecule has 2 amide bonds. The number of fused-ring (bicyclic) bond motifs is 2. The van der Waals surface area contributed by atoms with Crippen LogP contribution in [0.4, 0.5) is 16.3 Å². The van der Waals surface area contributed by atoms with Gasteiger partial charge in [0.25, 0.3) is 0 Å². The normalized spacial score (nSPS) is 20.0. The molecule has 0 radical (unpaired) electrons. The molecule has 10 nitrogen and oxygen atoms in total. The van der Waals surface area contributed by atoms with E-state index in [1.807, 2.05) is 88.2 Å². The molecule has 1 unspecified atom stereocenters. The third-order valence-corrected chi connectivity index (χ3v) is 9.54. The minimum Gasteiger partial charge on any atom is -0.444 e. The van der Waals surface area contributed by atoms with Crippen molar-refractivity contribution in [2.24, 2.45) is 13.0 Å². The topological polar surface area (TPSA) is 111 Å². The molecule has 2 aliphatic heterocycles. The number of carbonyl (C=O) groups excluding carboxylic acids is 2. The maximum absolute atomic E-state index is 14.2. The first-order chi connectivity index (χ1) is 23.0. The highest BCUT2D eigenvalue weighted by atomic mass is 16.6. The Morgan fingerprint density at radius 2 is 1.79 bits per heavy atom. The molecule has 1 saturated carbocycles. The van der Waals surface area contributed by atoms with Crippen LogP contribution in [0.5, 0.6) is 0 Å². The van der Waals surface area contributed by atoms with Gasteiger partial charge in [0.05, 0.1) is 30.6 Å². The summed E-state index contributed by atoms with van der Waals surface area (Å²) >= 11 is 0. The number of carbonyl (C=O) groups is 2. The molecule has 0 spiro atoms. The highest BCUT2D eigenvalue weighted by Gasteiger charge is 2.43. The van der Waals surface area contributed by atoms with E-state index in [-0.39, 0.29) is 23.8 Å². The molecule has 48 heavy (non-hydrogen) atoms. The number of hydrogen-bond acceptors (Lipinski definition) is 7. The highest BCUT2D eigenvalue weighted by molar-refractivity contribution is 5.97. The van der Waals surface area contributed by atoms with Gasteiger partial charge in [-0.25, -0.2) is 9.78 Å². The quantitative estimate of drug-likeness (QED) is 0.214. The van der Waals surface area contributed by atoms with Crippen molar-refractivity contribution in [1.29, 1.82) is 0 Å². The van der Waals surface area contributed by atoms with Crippen LogP contribution in [-0.2, 0) is 21.3 Å². The fourth-order valence-electron chi connectivity index (χ4n) is 7.20. The van der Waals surface area contributed by atoms with E-state index in [0.717, 1.165) is 71.7 Å². The summed E-state index contributed by atoms with van der Waals surface area (Å²) in [6.45, 7) is 9.09. The van der Waals surface area contributed by atoms with Crippen molar-refractivity contribution in [2.45, 2.75) is 76.7 Å². The molecule has 4 aromatic rings. The first-order valence-electron chi connectivity index (χ1n) is 16.9. The number of hydrogen-bond donors (Lipinski definition) is 2. The Balaban J connectivity index is 1.17. The van der Waals surface area contributed by atoms with Crippen LogP contribution in [0.1, 0.15) is 57.1 Å². The van der Waals surface area contributed by atoms with E-state index in [0.29, 0.717) is 11.7 Å². The fraction of sp³-hybridized carbons (Fsp3) is 0.421. The molecule has 4 atom stereocenters. The minimum absolute atomic E-state index is 0.245. The van der Waals surface area contributed by atoms with Crippen molar-refractivity contribution in [3.05, 3.63) is 84.2 Å². The van der Waals surface area contributed by atoms with E-state index in [4.69, 9.17) is 14.5 Å². The average Bonchev–Trinajstić information content (AvgIpc) is 3.49. The maximum atomic E-state index is 14.2. The molecule has 10 heteroatoms. The predicted octanol–water partition coefficient (Wildman–Crippen LogP) is 6.46. The minimum atomic E-state index is -0.852.